The SMILES string of the molecule is COc1ccc(CCNC(=O)NC(C)(C)C)c(OC)c1. The van der Waals surface area contributed by atoms with E-state index in [2.05, 4.69) is 10.6 Å². The average molecular weight is 280 g/mol. The molecular weight excluding hydrogens is 256 g/mol. The normalized spacial score (nSPS) is 10.8. The van der Waals surface area contributed by atoms with Crippen molar-refractivity contribution in [3.05, 3.63) is 23.8 Å². The lowest BCUT2D eigenvalue weighted by Crippen LogP contribution is -2.46. The zero-order valence-corrected chi connectivity index (χ0v) is 12.9. The number of benzene rings is 1. The minimum Gasteiger partial charge on any atom is -0.497 e. The van der Waals surface area contributed by atoms with E-state index in [1.54, 1.807) is 14.2 Å². The fraction of sp³-hybridized carbons (Fsp3) is 0.533. The third kappa shape index (κ3) is 5.38. The van der Waals surface area contributed by atoms with Gasteiger partial charge in [0.25, 0.3) is 0 Å². The van der Waals surface area contributed by atoms with E-state index in [-0.39, 0.29) is 11.6 Å². The van der Waals surface area contributed by atoms with Crippen LogP contribution in [0.3, 0.4) is 0 Å². The number of methoxy groups -OCH3 is 2. The van der Waals surface area contributed by atoms with Crippen molar-refractivity contribution in [2.24, 2.45) is 0 Å². The predicted molar refractivity (Wildman–Crippen MR) is 79.5 cm³/mol. The molecule has 0 radical (unpaired) electrons. The van der Waals surface area contributed by atoms with E-state index < -0.39 is 0 Å². The standard InChI is InChI=1S/C15H24N2O3/c1-15(2,3)17-14(18)16-9-8-11-6-7-12(19-4)10-13(11)20-5/h6-7,10H,8-9H2,1-5H3,(H2,16,17,18). The van der Waals surface area contributed by atoms with Gasteiger partial charge in [-0.2, -0.15) is 0 Å². The van der Waals surface area contributed by atoms with Crippen LogP contribution in [-0.2, 0) is 6.42 Å². The van der Waals surface area contributed by atoms with E-state index in [1.165, 1.54) is 0 Å². The highest BCUT2D eigenvalue weighted by molar-refractivity contribution is 5.74. The third-order valence-electron chi connectivity index (χ3n) is 2.66. The fourth-order valence-corrected chi connectivity index (χ4v) is 1.75. The largest absolute Gasteiger partial charge is 0.497 e. The van der Waals surface area contributed by atoms with Crippen molar-refractivity contribution in [1.82, 2.24) is 10.6 Å². The highest BCUT2D eigenvalue weighted by Crippen LogP contribution is 2.24. The minimum atomic E-state index is -0.234. The van der Waals surface area contributed by atoms with Crippen LogP contribution in [0.25, 0.3) is 0 Å². The van der Waals surface area contributed by atoms with Gasteiger partial charge in [-0.15, -0.1) is 0 Å². The summed E-state index contributed by atoms with van der Waals surface area (Å²) in [6.07, 6.45) is 0.699. The molecule has 112 valence electrons. The van der Waals surface area contributed by atoms with Crippen molar-refractivity contribution in [2.45, 2.75) is 32.7 Å². The maximum atomic E-state index is 11.6. The van der Waals surface area contributed by atoms with Crippen molar-refractivity contribution < 1.29 is 14.3 Å². The lowest BCUT2D eigenvalue weighted by Gasteiger charge is -2.20. The van der Waals surface area contributed by atoms with E-state index in [4.69, 9.17) is 9.47 Å². The van der Waals surface area contributed by atoms with Gasteiger partial charge in [-0.3, -0.25) is 0 Å². The van der Waals surface area contributed by atoms with Crippen molar-refractivity contribution in [3.63, 3.8) is 0 Å². The fourth-order valence-electron chi connectivity index (χ4n) is 1.75. The number of carbonyl (C=O) groups excluding carboxylic acids is 1. The third-order valence-corrected chi connectivity index (χ3v) is 2.66. The molecule has 2 amide bonds. The summed E-state index contributed by atoms with van der Waals surface area (Å²) in [5, 5.41) is 5.68. The maximum Gasteiger partial charge on any atom is 0.315 e. The van der Waals surface area contributed by atoms with Crippen LogP contribution in [0, 0.1) is 0 Å². The number of hydrogen-bond donors (Lipinski definition) is 2. The van der Waals surface area contributed by atoms with E-state index >= 15 is 0 Å². The quantitative estimate of drug-likeness (QED) is 0.870. The second-order valence-corrected chi connectivity index (χ2v) is 5.56. The van der Waals surface area contributed by atoms with Crippen molar-refractivity contribution in [1.29, 1.82) is 0 Å². The van der Waals surface area contributed by atoms with Crippen molar-refractivity contribution >= 4 is 6.03 Å². The number of hydrogen-bond acceptors (Lipinski definition) is 3. The molecule has 2 N–H and O–H groups in total. The van der Waals surface area contributed by atoms with Gasteiger partial charge in [-0.25, -0.2) is 4.79 Å². The first-order chi connectivity index (χ1) is 9.35. The number of rotatable bonds is 5. The summed E-state index contributed by atoms with van der Waals surface area (Å²) in [5.74, 6) is 1.52. The molecule has 5 nitrogen and oxygen atoms in total. The lowest BCUT2D eigenvalue weighted by atomic mass is 10.1. The summed E-state index contributed by atoms with van der Waals surface area (Å²) in [6, 6.07) is 5.50. The van der Waals surface area contributed by atoms with Gasteiger partial charge in [0, 0.05) is 18.2 Å². The second kappa shape index (κ2) is 7.03. The van der Waals surface area contributed by atoms with Gasteiger partial charge in [0.05, 0.1) is 14.2 Å². The summed E-state index contributed by atoms with van der Waals surface area (Å²) in [7, 11) is 3.24. The van der Waals surface area contributed by atoms with Crippen LogP contribution in [0.2, 0.25) is 0 Å². The molecule has 5 heteroatoms. The molecule has 0 spiro atoms. The first-order valence-electron chi connectivity index (χ1n) is 6.62. The molecule has 0 aliphatic carbocycles. The molecule has 0 fully saturated rings. The van der Waals surface area contributed by atoms with Gasteiger partial charge in [-0.05, 0) is 38.8 Å². The molecule has 0 aromatic heterocycles. The van der Waals surface area contributed by atoms with Gasteiger partial charge >= 0.3 is 6.03 Å². The van der Waals surface area contributed by atoms with Gasteiger partial charge in [0.15, 0.2) is 0 Å². The Hall–Kier alpha value is -1.91. The van der Waals surface area contributed by atoms with E-state index in [0.717, 1.165) is 17.1 Å². The first kappa shape index (κ1) is 16.1. The van der Waals surface area contributed by atoms with Gasteiger partial charge in [-0.1, -0.05) is 6.07 Å². The summed E-state index contributed by atoms with van der Waals surface area (Å²) < 4.78 is 10.5. The lowest BCUT2D eigenvalue weighted by molar-refractivity contribution is 0.232. The number of urea groups is 1. The van der Waals surface area contributed by atoms with Crippen LogP contribution in [0.5, 0.6) is 11.5 Å². The minimum absolute atomic E-state index is 0.162. The van der Waals surface area contributed by atoms with Crippen LogP contribution in [-0.4, -0.2) is 32.3 Å². The molecule has 0 bridgehead atoms. The molecule has 0 heterocycles. The Kier molecular flexibility index (Phi) is 5.67. The predicted octanol–water partition coefficient (Wildman–Crippen LogP) is 2.34. The summed E-state index contributed by atoms with van der Waals surface area (Å²) in [4.78, 5) is 11.6. The molecule has 0 unspecified atom stereocenters. The van der Waals surface area contributed by atoms with E-state index in [0.29, 0.717) is 13.0 Å². The Morgan fingerprint density at radius 3 is 2.45 bits per heavy atom. The molecule has 0 aliphatic rings. The van der Waals surface area contributed by atoms with Crippen LogP contribution in [0.15, 0.2) is 18.2 Å². The number of amides is 2. The molecular formula is C15H24N2O3. The molecule has 0 aliphatic heterocycles. The summed E-state index contributed by atoms with van der Waals surface area (Å²) >= 11 is 0. The molecule has 0 saturated carbocycles. The van der Waals surface area contributed by atoms with Crippen molar-refractivity contribution in [3.8, 4) is 11.5 Å². The van der Waals surface area contributed by atoms with E-state index in [1.807, 2.05) is 39.0 Å². The smallest absolute Gasteiger partial charge is 0.315 e. The van der Waals surface area contributed by atoms with Crippen LogP contribution in [0.1, 0.15) is 26.3 Å². The molecule has 1 rings (SSSR count). The summed E-state index contributed by atoms with van der Waals surface area (Å²) in [6.45, 7) is 6.38. The average Bonchev–Trinajstić information content (AvgIpc) is 2.36. The Balaban J connectivity index is 2.52. The maximum absolute atomic E-state index is 11.6. The molecule has 0 atom stereocenters. The number of ether oxygens (including phenoxy) is 2. The Bertz CT molecular complexity index is 453. The summed E-state index contributed by atoms with van der Waals surface area (Å²) in [5.41, 5.74) is 0.798. The molecule has 20 heavy (non-hydrogen) atoms. The number of carbonyl (C=O) groups is 1. The highest BCUT2D eigenvalue weighted by Gasteiger charge is 2.13. The first-order valence-corrected chi connectivity index (χ1v) is 6.62. The van der Waals surface area contributed by atoms with Crippen molar-refractivity contribution in [2.75, 3.05) is 20.8 Å². The molecule has 0 saturated heterocycles. The molecule has 1 aromatic carbocycles. The Labute approximate surface area is 120 Å². The molecule has 1 aromatic rings. The number of nitrogens with one attached hydrogen (secondary N) is 2. The monoisotopic (exact) mass is 280 g/mol. The van der Waals surface area contributed by atoms with Crippen LogP contribution in [0.4, 0.5) is 4.79 Å². The van der Waals surface area contributed by atoms with E-state index in [9.17, 15) is 4.79 Å². The van der Waals surface area contributed by atoms with Crippen LogP contribution < -0.4 is 20.1 Å². The zero-order chi connectivity index (χ0) is 15.2. The highest BCUT2D eigenvalue weighted by atomic mass is 16.5. The Morgan fingerprint density at radius 1 is 1.20 bits per heavy atom. The van der Waals surface area contributed by atoms with Gasteiger partial charge in [0.1, 0.15) is 11.5 Å². The van der Waals surface area contributed by atoms with Gasteiger partial charge in [0.2, 0.25) is 0 Å². The Morgan fingerprint density at radius 2 is 1.90 bits per heavy atom. The second-order valence-electron chi connectivity index (χ2n) is 5.56. The van der Waals surface area contributed by atoms with Crippen LogP contribution >= 0.6 is 0 Å². The topological polar surface area (TPSA) is 59.6 Å². The van der Waals surface area contributed by atoms with Gasteiger partial charge < -0.3 is 20.1 Å². The zero-order valence-electron chi connectivity index (χ0n) is 12.9.